The molecular formula is C14H10BrFN2O. The zero-order chi connectivity index (χ0) is 13.8. The van der Waals surface area contributed by atoms with E-state index < -0.39 is 5.82 Å². The highest BCUT2D eigenvalue weighted by atomic mass is 79.9. The number of nitrogens with zero attached hydrogens (tertiary/aromatic N) is 1. The molecule has 2 rings (SSSR count). The highest BCUT2D eigenvalue weighted by Gasteiger charge is 2.08. The maximum absolute atomic E-state index is 13.4. The lowest BCUT2D eigenvalue weighted by atomic mass is 10.1. The van der Waals surface area contributed by atoms with Crippen LogP contribution in [0.5, 0.6) is 5.75 Å². The molecule has 2 aromatic carbocycles. The van der Waals surface area contributed by atoms with Gasteiger partial charge in [-0.15, -0.1) is 0 Å². The van der Waals surface area contributed by atoms with Crippen LogP contribution >= 0.6 is 15.9 Å². The lowest BCUT2D eigenvalue weighted by Gasteiger charge is -2.10. The van der Waals surface area contributed by atoms with Crippen LogP contribution in [0.1, 0.15) is 11.1 Å². The minimum atomic E-state index is -0.564. The molecule has 0 aliphatic carbocycles. The van der Waals surface area contributed by atoms with Crippen molar-refractivity contribution in [3.63, 3.8) is 0 Å². The van der Waals surface area contributed by atoms with Crippen molar-refractivity contribution in [3.8, 4) is 11.8 Å². The van der Waals surface area contributed by atoms with Crippen LogP contribution in [0, 0.1) is 17.1 Å². The summed E-state index contributed by atoms with van der Waals surface area (Å²) >= 11 is 3.31. The number of hydrogen-bond acceptors (Lipinski definition) is 3. The maximum atomic E-state index is 13.4. The van der Waals surface area contributed by atoms with Gasteiger partial charge in [0.25, 0.3) is 0 Å². The highest BCUT2D eigenvalue weighted by Crippen LogP contribution is 2.24. The first-order valence-electron chi connectivity index (χ1n) is 5.51. The van der Waals surface area contributed by atoms with Gasteiger partial charge < -0.3 is 10.4 Å². The van der Waals surface area contributed by atoms with Crippen molar-refractivity contribution in [2.75, 3.05) is 5.32 Å². The first-order valence-corrected chi connectivity index (χ1v) is 6.31. The van der Waals surface area contributed by atoms with E-state index in [9.17, 15) is 9.50 Å². The summed E-state index contributed by atoms with van der Waals surface area (Å²) in [4.78, 5) is 0. The minimum absolute atomic E-state index is 0.0306. The number of aromatic hydroxyl groups is 1. The first kappa shape index (κ1) is 13.4. The molecule has 96 valence electrons. The van der Waals surface area contributed by atoms with E-state index in [1.807, 2.05) is 6.07 Å². The molecule has 3 nitrogen and oxygen atoms in total. The van der Waals surface area contributed by atoms with Gasteiger partial charge in [-0.3, -0.25) is 0 Å². The third-order valence-electron chi connectivity index (χ3n) is 2.64. The van der Waals surface area contributed by atoms with Crippen LogP contribution < -0.4 is 5.32 Å². The first-order chi connectivity index (χ1) is 9.11. The summed E-state index contributed by atoms with van der Waals surface area (Å²) in [6.45, 7) is 0.295. The lowest BCUT2D eigenvalue weighted by Crippen LogP contribution is -2.02. The second-order valence-electron chi connectivity index (χ2n) is 3.90. The Bertz CT molecular complexity index is 652. The van der Waals surface area contributed by atoms with Gasteiger partial charge >= 0.3 is 0 Å². The molecule has 0 radical (unpaired) electrons. The summed E-state index contributed by atoms with van der Waals surface area (Å²) < 4.78 is 14.2. The number of halogens is 2. The Morgan fingerprint density at radius 3 is 2.84 bits per heavy atom. The maximum Gasteiger partial charge on any atom is 0.143 e. The predicted octanol–water partition coefficient (Wildman–Crippen LogP) is 3.78. The van der Waals surface area contributed by atoms with Crippen molar-refractivity contribution in [1.82, 2.24) is 0 Å². The number of benzene rings is 2. The molecule has 0 spiro atoms. The fourth-order valence-electron chi connectivity index (χ4n) is 1.67. The van der Waals surface area contributed by atoms with Gasteiger partial charge in [0.2, 0.25) is 0 Å². The SMILES string of the molecule is N#Cc1c(F)cccc1NCc1cc(Br)ccc1O. The Hall–Kier alpha value is -2.06. The molecule has 0 amide bonds. The quantitative estimate of drug-likeness (QED) is 0.904. The van der Waals surface area contributed by atoms with Crippen molar-refractivity contribution < 1.29 is 9.50 Å². The zero-order valence-electron chi connectivity index (χ0n) is 9.82. The Morgan fingerprint density at radius 1 is 1.32 bits per heavy atom. The zero-order valence-corrected chi connectivity index (χ0v) is 11.4. The average molecular weight is 321 g/mol. The van der Waals surface area contributed by atoms with Gasteiger partial charge in [0.1, 0.15) is 23.2 Å². The molecule has 0 unspecified atom stereocenters. The van der Waals surface area contributed by atoms with Crippen molar-refractivity contribution in [2.24, 2.45) is 0 Å². The van der Waals surface area contributed by atoms with E-state index in [-0.39, 0.29) is 11.3 Å². The van der Waals surface area contributed by atoms with E-state index in [1.54, 1.807) is 24.3 Å². The van der Waals surface area contributed by atoms with Gasteiger partial charge in [-0.2, -0.15) is 5.26 Å². The van der Waals surface area contributed by atoms with Crippen LogP contribution in [-0.4, -0.2) is 5.11 Å². The van der Waals surface area contributed by atoms with Gasteiger partial charge in [-0.05, 0) is 30.3 Å². The number of anilines is 1. The predicted molar refractivity (Wildman–Crippen MR) is 74.2 cm³/mol. The van der Waals surface area contributed by atoms with E-state index in [1.165, 1.54) is 12.1 Å². The molecule has 19 heavy (non-hydrogen) atoms. The normalized spacial score (nSPS) is 9.95. The number of phenols is 1. The van der Waals surface area contributed by atoms with E-state index in [0.717, 1.165) is 4.47 Å². The van der Waals surface area contributed by atoms with Gasteiger partial charge in [-0.25, -0.2) is 4.39 Å². The van der Waals surface area contributed by atoms with E-state index >= 15 is 0 Å². The number of hydrogen-bond donors (Lipinski definition) is 2. The van der Waals surface area contributed by atoms with Crippen LogP contribution in [0.25, 0.3) is 0 Å². The topological polar surface area (TPSA) is 56.0 Å². The summed E-state index contributed by atoms with van der Waals surface area (Å²) in [6.07, 6.45) is 0. The molecule has 0 saturated heterocycles. The van der Waals surface area contributed by atoms with Crippen molar-refractivity contribution >= 4 is 21.6 Å². The number of nitriles is 1. The number of nitrogens with one attached hydrogen (secondary N) is 1. The summed E-state index contributed by atoms with van der Waals surface area (Å²) in [5.41, 5.74) is 1.03. The summed E-state index contributed by atoms with van der Waals surface area (Å²) in [6, 6.07) is 11.3. The van der Waals surface area contributed by atoms with Crippen molar-refractivity contribution in [1.29, 1.82) is 5.26 Å². The Kier molecular flexibility index (Phi) is 4.03. The van der Waals surface area contributed by atoms with E-state index in [4.69, 9.17) is 5.26 Å². The molecule has 5 heteroatoms. The Morgan fingerprint density at radius 2 is 2.11 bits per heavy atom. The standard InChI is InChI=1S/C14H10BrFN2O/c15-10-4-5-14(19)9(6-10)8-18-13-3-1-2-12(16)11(13)7-17/h1-6,18-19H,8H2. The molecule has 0 aromatic heterocycles. The minimum Gasteiger partial charge on any atom is -0.508 e. The monoisotopic (exact) mass is 320 g/mol. The average Bonchev–Trinajstić information content (AvgIpc) is 2.40. The third kappa shape index (κ3) is 3.04. The van der Waals surface area contributed by atoms with Crippen LogP contribution in [0.4, 0.5) is 10.1 Å². The Balaban J connectivity index is 2.22. The van der Waals surface area contributed by atoms with Crippen LogP contribution in [0.15, 0.2) is 40.9 Å². The second-order valence-corrected chi connectivity index (χ2v) is 4.82. The van der Waals surface area contributed by atoms with Crippen molar-refractivity contribution in [2.45, 2.75) is 6.54 Å². The second kappa shape index (κ2) is 5.72. The molecule has 0 bridgehead atoms. The fraction of sp³-hybridized carbons (Fsp3) is 0.0714. The smallest absolute Gasteiger partial charge is 0.143 e. The third-order valence-corrected chi connectivity index (χ3v) is 3.13. The molecule has 0 aliphatic heterocycles. The molecule has 0 aliphatic rings. The summed E-state index contributed by atoms with van der Waals surface area (Å²) in [5.74, 6) is -0.420. The van der Waals surface area contributed by atoms with E-state index in [2.05, 4.69) is 21.2 Å². The van der Waals surface area contributed by atoms with Gasteiger partial charge in [-0.1, -0.05) is 22.0 Å². The highest BCUT2D eigenvalue weighted by molar-refractivity contribution is 9.10. The van der Waals surface area contributed by atoms with Crippen LogP contribution in [0.3, 0.4) is 0 Å². The molecule has 0 fully saturated rings. The Labute approximate surface area is 118 Å². The molecular weight excluding hydrogens is 311 g/mol. The lowest BCUT2D eigenvalue weighted by molar-refractivity contribution is 0.469. The van der Waals surface area contributed by atoms with Gasteiger partial charge in [0, 0.05) is 16.6 Å². The summed E-state index contributed by atoms with van der Waals surface area (Å²) in [7, 11) is 0. The molecule has 2 aromatic rings. The summed E-state index contributed by atoms with van der Waals surface area (Å²) in [5, 5.41) is 21.5. The largest absolute Gasteiger partial charge is 0.508 e. The number of phenolic OH excluding ortho intramolecular Hbond substituents is 1. The molecule has 0 atom stereocenters. The van der Waals surface area contributed by atoms with Crippen LogP contribution in [-0.2, 0) is 6.54 Å². The van der Waals surface area contributed by atoms with Gasteiger partial charge in [0.05, 0.1) is 5.69 Å². The van der Waals surface area contributed by atoms with Gasteiger partial charge in [0.15, 0.2) is 0 Å². The molecule has 0 saturated carbocycles. The number of rotatable bonds is 3. The van der Waals surface area contributed by atoms with Crippen LogP contribution in [0.2, 0.25) is 0 Å². The van der Waals surface area contributed by atoms with Crippen molar-refractivity contribution in [3.05, 3.63) is 57.8 Å². The molecule has 2 N–H and O–H groups in total. The van der Waals surface area contributed by atoms with E-state index in [0.29, 0.717) is 17.8 Å². The molecule has 0 heterocycles. The fourth-order valence-corrected chi connectivity index (χ4v) is 2.08.